The average molecular weight is 434 g/mol. The van der Waals surface area contributed by atoms with Gasteiger partial charge in [-0.2, -0.15) is 5.26 Å². The second-order valence-electron chi connectivity index (χ2n) is 8.25. The zero-order chi connectivity index (χ0) is 22.3. The lowest BCUT2D eigenvalue weighted by atomic mass is 9.74. The Morgan fingerprint density at radius 2 is 2.09 bits per heavy atom. The minimum Gasteiger partial charge on any atom is -0.489 e. The lowest BCUT2D eigenvalue weighted by Gasteiger charge is -2.43. The van der Waals surface area contributed by atoms with E-state index in [2.05, 4.69) is 15.6 Å². The summed E-state index contributed by atoms with van der Waals surface area (Å²) in [5, 5.41) is 15.8. The van der Waals surface area contributed by atoms with Gasteiger partial charge >= 0.3 is 0 Å². The fourth-order valence-corrected chi connectivity index (χ4v) is 4.69. The van der Waals surface area contributed by atoms with Crippen molar-refractivity contribution in [2.75, 3.05) is 36.1 Å². The first-order valence-electron chi connectivity index (χ1n) is 10.7. The molecule has 9 heteroatoms. The minimum atomic E-state index is -0.742. The van der Waals surface area contributed by atoms with E-state index in [9.17, 15) is 10.1 Å². The molecule has 3 heterocycles. The molecule has 1 aliphatic heterocycles. The Balaban J connectivity index is 1.60. The van der Waals surface area contributed by atoms with E-state index in [4.69, 9.17) is 10.5 Å². The van der Waals surface area contributed by atoms with Gasteiger partial charge in [-0.3, -0.25) is 4.79 Å². The van der Waals surface area contributed by atoms with Gasteiger partial charge in [0.05, 0.1) is 23.2 Å². The SMILES string of the molecule is N#Cc1cn2c3c(c(NCCNc4ccccn4)c(F)c(N)c3c1=O)OCCC21CCC1. The number of hydrogen-bond donors (Lipinski definition) is 3. The summed E-state index contributed by atoms with van der Waals surface area (Å²) in [5.41, 5.74) is 5.61. The fraction of sp³-hybridized carbons (Fsp3) is 0.348. The normalized spacial score (nSPS) is 16.0. The number of benzene rings is 1. The van der Waals surface area contributed by atoms with Crippen LogP contribution in [-0.4, -0.2) is 29.2 Å². The van der Waals surface area contributed by atoms with Gasteiger partial charge in [-0.15, -0.1) is 0 Å². The summed E-state index contributed by atoms with van der Waals surface area (Å²) in [5.74, 6) is 0.246. The molecule has 1 fully saturated rings. The van der Waals surface area contributed by atoms with Crippen LogP contribution in [0.25, 0.3) is 10.9 Å². The lowest BCUT2D eigenvalue weighted by molar-refractivity contribution is 0.117. The first kappa shape index (κ1) is 20.1. The molecule has 1 saturated carbocycles. The van der Waals surface area contributed by atoms with Gasteiger partial charge in [-0.05, 0) is 31.4 Å². The number of pyridine rings is 2. The summed E-state index contributed by atoms with van der Waals surface area (Å²) >= 11 is 0. The molecular weight excluding hydrogens is 411 g/mol. The molecule has 0 unspecified atom stereocenters. The monoisotopic (exact) mass is 434 g/mol. The highest BCUT2D eigenvalue weighted by Crippen LogP contribution is 2.49. The van der Waals surface area contributed by atoms with Gasteiger partial charge in [0.25, 0.3) is 0 Å². The third-order valence-electron chi connectivity index (χ3n) is 6.50. The molecule has 0 saturated heterocycles. The van der Waals surface area contributed by atoms with E-state index in [-0.39, 0.29) is 33.6 Å². The molecule has 0 amide bonds. The van der Waals surface area contributed by atoms with Crippen molar-refractivity contribution in [1.29, 1.82) is 5.26 Å². The van der Waals surface area contributed by atoms with Gasteiger partial charge in [0, 0.05) is 37.4 Å². The number of hydrogen-bond acceptors (Lipinski definition) is 7. The molecule has 4 N–H and O–H groups in total. The van der Waals surface area contributed by atoms with Crippen LogP contribution in [-0.2, 0) is 5.54 Å². The minimum absolute atomic E-state index is 0.0156. The van der Waals surface area contributed by atoms with E-state index in [0.29, 0.717) is 37.5 Å². The van der Waals surface area contributed by atoms with Gasteiger partial charge in [-0.1, -0.05) is 6.07 Å². The van der Waals surface area contributed by atoms with Crippen LogP contribution in [0.2, 0.25) is 0 Å². The van der Waals surface area contributed by atoms with Crippen molar-refractivity contribution < 1.29 is 9.13 Å². The highest BCUT2D eigenvalue weighted by atomic mass is 19.1. The second kappa shape index (κ2) is 7.71. The largest absolute Gasteiger partial charge is 0.489 e. The van der Waals surface area contributed by atoms with Crippen molar-refractivity contribution in [3.05, 3.63) is 52.2 Å². The molecule has 0 atom stereocenters. The molecule has 2 aromatic heterocycles. The van der Waals surface area contributed by atoms with Gasteiger partial charge in [0.2, 0.25) is 5.43 Å². The molecule has 1 aliphatic carbocycles. The van der Waals surface area contributed by atoms with Gasteiger partial charge in [0.15, 0.2) is 11.6 Å². The van der Waals surface area contributed by atoms with E-state index in [1.165, 1.54) is 0 Å². The van der Waals surface area contributed by atoms with Gasteiger partial charge in [0.1, 0.15) is 23.1 Å². The van der Waals surface area contributed by atoms with E-state index < -0.39 is 11.2 Å². The molecule has 32 heavy (non-hydrogen) atoms. The molecule has 1 aromatic carbocycles. The summed E-state index contributed by atoms with van der Waals surface area (Å²) < 4.78 is 23.4. The molecule has 3 aromatic rings. The molecule has 164 valence electrons. The Kier molecular flexibility index (Phi) is 4.85. The fourth-order valence-electron chi connectivity index (χ4n) is 4.69. The number of ether oxygens (including phenoxy) is 1. The molecule has 0 bridgehead atoms. The summed E-state index contributed by atoms with van der Waals surface area (Å²) in [6.07, 6.45) is 6.86. The predicted molar refractivity (Wildman–Crippen MR) is 120 cm³/mol. The van der Waals surface area contributed by atoms with Crippen LogP contribution in [0.3, 0.4) is 0 Å². The molecule has 5 rings (SSSR count). The van der Waals surface area contributed by atoms with Crippen molar-refractivity contribution in [2.24, 2.45) is 0 Å². The third-order valence-corrected chi connectivity index (χ3v) is 6.50. The van der Waals surface area contributed by atoms with Crippen LogP contribution in [0, 0.1) is 17.1 Å². The zero-order valence-electron chi connectivity index (χ0n) is 17.4. The van der Waals surface area contributed by atoms with E-state index >= 15 is 4.39 Å². The highest BCUT2D eigenvalue weighted by Gasteiger charge is 2.42. The molecular formula is C23H23FN6O2. The summed E-state index contributed by atoms with van der Waals surface area (Å²) in [7, 11) is 0. The van der Waals surface area contributed by atoms with Crippen LogP contribution in [0.15, 0.2) is 35.4 Å². The van der Waals surface area contributed by atoms with Gasteiger partial charge in [-0.25, -0.2) is 9.37 Å². The Morgan fingerprint density at radius 1 is 1.28 bits per heavy atom. The Hall–Kier alpha value is -3.80. The van der Waals surface area contributed by atoms with Crippen molar-refractivity contribution in [3.63, 3.8) is 0 Å². The first-order valence-corrected chi connectivity index (χ1v) is 10.7. The summed E-state index contributed by atoms with van der Waals surface area (Å²) in [6, 6.07) is 7.49. The van der Waals surface area contributed by atoms with E-state index in [1.807, 2.05) is 28.8 Å². The second-order valence-corrected chi connectivity index (χ2v) is 8.25. The smallest absolute Gasteiger partial charge is 0.209 e. The number of nitrogen functional groups attached to an aromatic ring is 1. The maximum absolute atomic E-state index is 15.4. The van der Waals surface area contributed by atoms with Crippen LogP contribution >= 0.6 is 0 Å². The van der Waals surface area contributed by atoms with Crippen molar-refractivity contribution in [2.45, 2.75) is 31.2 Å². The molecule has 1 spiro atoms. The van der Waals surface area contributed by atoms with E-state index in [0.717, 1.165) is 19.3 Å². The lowest BCUT2D eigenvalue weighted by Crippen LogP contribution is -2.41. The standard InChI is InChI=1S/C23H23FN6O2/c24-17-18(26)16-20-22(19(17)29-10-9-28-15-4-1-2-8-27-15)32-11-7-23(5-3-6-23)30(20)13-14(12-25)21(16)31/h1-2,4,8,13,29H,3,5-7,9-11,26H2,(H,27,28). The Labute approximate surface area is 183 Å². The number of nitrogens with two attached hydrogens (primary N) is 1. The van der Waals surface area contributed by atoms with Crippen LogP contribution in [0.4, 0.5) is 21.6 Å². The number of anilines is 3. The summed E-state index contributed by atoms with van der Waals surface area (Å²) in [4.78, 5) is 17.2. The summed E-state index contributed by atoms with van der Waals surface area (Å²) in [6.45, 7) is 1.25. The van der Waals surface area contributed by atoms with Crippen molar-refractivity contribution in [3.8, 4) is 11.8 Å². The topological polar surface area (TPSA) is 118 Å². The Morgan fingerprint density at radius 3 is 2.78 bits per heavy atom. The molecule has 0 radical (unpaired) electrons. The molecule has 8 nitrogen and oxygen atoms in total. The maximum atomic E-state index is 15.4. The number of halogens is 1. The molecule has 2 aliphatic rings. The third kappa shape index (κ3) is 3.02. The number of nitriles is 1. The number of rotatable bonds is 5. The maximum Gasteiger partial charge on any atom is 0.209 e. The highest BCUT2D eigenvalue weighted by molar-refractivity contribution is 6.00. The van der Waals surface area contributed by atoms with E-state index in [1.54, 1.807) is 12.4 Å². The quantitative estimate of drug-likeness (QED) is 0.417. The number of aromatic nitrogens is 2. The van der Waals surface area contributed by atoms with Gasteiger partial charge < -0.3 is 25.7 Å². The number of nitrogens with one attached hydrogen (secondary N) is 2. The number of nitrogens with zero attached hydrogens (tertiary/aromatic N) is 3. The Bertz CT molecular complexity index is 1290. The number of fused-ring (bicyclic) bond motifs is 1. The van der Waals surface area contributed by atoms with Crippen LogP contribution < -0.4 is 26.5 Å². The van der Waals surface area contributed by atoms with Crippen molar-refractivity contribution in [1.82, 2.24) is 9.55 Å². The predicted octanol–water partition coefficient (Wildman–Crippen LogP) is 3.18. The van der Waals surface area contributed by atoms with Crippen molar-refractivity contribution >= 4 is 28.1 Å². The average Bonchev–Trinajstić information content (AvgIpc) is 2.95. The van der Waals surface area contributed by atoms with Crippen LogP contribution in [0.1, 0.15) is 31.2 Å². The zero-order valence-corrected chi connectivity index (χ0v) is 17.4. The van der Waals surface area contributed by atoms with Crippen LogP contribution in [0.5, 0.6) is 5.75 Å². The first-order chi connectivity index (χ1) is 15.6.